The molecule has 3 heteroatoms. The maximum Gasteiger partial charge on any atom is 0.242 e. The molecule has 0 spiro atoms. The number of anilines is 1. The van der Waals surface area contributed by atoms with E-state index in [1.54, 1.807) is 0 Å². The van der Waals surface area contributed by atoms with Crippen molar-refractivity contribution in [3.63, 3.8) is 0 Å². The molecule has 1 amide bonds. The summed E-state index contributed by atoms with van der Waals surface area (Å²) in [5, 5.41) is 6.02. The van der Waals surface area contributed by atoms with E-state index < -0.39 is 0 Å². The van der Waals surface area contributed by atoms with E-state index in [-0.39, 0.29) is 11.9 Å². The van der Waals surface area contributed by atoms with Crippen molar-refractivity contribution in [2.24, 2.45) is 5.92 Å². The highest BCUT2D eigenvalue weighted by Gasteiger charge is 2.12. The molecule has 18 heavy (non-hydrogen) atoms. The molecule has 0 saturated heterocycles. The lowest BCUT2D eigenvalue weighted by Crippen LogP contribution is -2.39. The van der Waals surface area contributed by atoms with Gasteiger partial charge in [0, 0.05) is 17.8 Å². The molecular formula is C15H20N2O. The number of hydrogen-bond donors (Lipinski definition) is 2. The molecule has 0 saturated carbocycles. The topological polar surface area (TPSA) is 41.1 Å². The molecule has 0 heterocycles. The highest BCUT2D eigenvalue weighted by molar-refractivity contribution is 5.84. The second-order valence-corrected chi connectivity index (χ2v) is 4.73. The van der Waals surface area contributed by atoms with Crippen LogP contribution in [0.4, 0.5) is 5.69 Å². The van der Waals surface area contributed by atoms with Gasteiger partial charge >= 0.3 is 0 Å². The Kier molecular flexibility index (Phi) is 5.26. The summed E-state index contributed by atoms with van der Waals surface area (Å²) in [5.74, 6) is 3.01. The first-order valence-electron chi connectivity index (χ1n) is 6.14. The minimum atomic E-state index is -0.281. The number of amides is 1. The van der Waals surface area contributed by atoms with E-state index in [0.29, 0.717) is 12.5 Å². The second-order valence-electron chi connectivity index (χ2n) is 4.73. The van der Waals surface area contributed by atoms with E-state index in [1.165, 1.54) is 0 Å². The van der Waals surface area contributed by atoms with E-state index in [4.69, 9.17) is 6.42 Å². The van der Waals surface area contributed by atoms with Crippen LogP contribution in [-0.4, -0.2) is 18.5 Å². The van der Waals surface area contributed by atoms with Gasteiger partial charge in [-0.1, -0.05) is 25.8 Å². The number of rotatable bonds is 5. The summed E-state index contributed by atoms with van der Waals surface area (Å²) in [4.78, 5) is 11.8. The van der Waals surface area contributed by atoms with E-state index in [0.717, 1.165) is 11.3 Å². The molecule has 96 valence electrons. The Labute approximate surface area is 109 Å². The van der Waals surface area contributed by atoms with Gasteiger partial charge in [-0.25, -0.2) is 0 Å². The van der Waals surface area contributed by atoms with Crippen molar-refractivity contribution in [1.82, 2.24) is 5.32 Å². The van der Waals surface area contributed by atoms with Gasteiger partial charge in [0.25, 0.3) is 0 Å². The summed E-state index contributed by atoms with van der Waals surface area (Å²) >= 11 is 0. The minimum absolute atomic E-state index is 0.00480. The molecule has 1 aromatic carbocycles. The predicted molar refractivity (Wildman–Crippen MR) is 75.3 cm³/mol. The van der Waals surface area contributed by atoms with Crippen molar-refractivity contribution >= 4 is 11.6 Å². The van der Waals surface area contributed by atoms with Crippen molar-refractivity contribution in [3.8, 4) is 12.3 Å². The number of carbonyl (C=O) groups is 1. The zero-order valence-electron chi connectivity index (χ0n) is 11.2. The van der Waals surface area contributed by atoms with Gasteiger partial charge in [0.05, 0.1) is 0 Å². The molecule has 3 nitrogen and oxygen atoms in total. The third-order valence-corrected chi connectivity index (χ3v) is 2.49. The van der Waals surface area contributed by atoms with Crippen LogP contribution in [-0.2, 0) is 4.79 Å². The van der Waals surface area contributed by atoms with Crippen molar-refractivity contribution in [2.75, 3.05) is 11.9 Å². The van der Waals surface area contributed by atoms with Crippen LogP contribution < -0.4 is 10.6 Å². The van der Waals surface area contributed by atoms with Crippen LogP contribution >= 0.6 is 0 Å². The van der Waals surface area contributed by atoms with Crippen molar-refractivity contribution in [1.29, 1.82) is 0 Å². The first-order valence-corrected chi connectivity index (χ1v) is 6.14. The van der Waals surface area contributed by atoms with Gasteiger partial charge in [-0.05, 0) is 31.0 Å². The highest BCUT2D eigenvalue weighted by Crippen LogP contribution is 2.11. The smallest absolute Gasteiger partial charge is 0.242 e. The number of terminal acetylenes is 1. The van der Waals surface area contributed by atoms with E-state index >= 15 is 0 Å². The number of hydrogen-bond acceptors (Lipinski definition) is 2. The zero-order chi connectivity index (χ0) is 13.5. The fourth-order valence-electron chi connectivity index (χ4n) is 1.47. The second kappa shape index (κ2) is 6.70. The van der Waals surface area contributed by atoms with Gasteiger partial charge in [0.2, 0.25) is 5.91 Å². The molecule has 0 radical (unpaired) electrons. The lowest BCUT2D eigenvalue weighted by Gasteiger charge is -2.16. The molecule has 0 aromatic heterocycles. The molecule has 0 aliphatic heterocycles. The van der Waals surface area contributed by atoms with Crippen molar-refractivity contribution < 1.29 is 4.79 Å². The van der Waals surface area contributed by atoms with Gasteiger partial charge < -0.3 is 10.6 Å². The van der Waals surface area contributed by atoms with Gasteiger partial charge in [-0.3, -0.25) is 4.79 Å². The van der Waals surface area contributed by atoms with Crippen LogP contribution in [0.3, 0.4) is 0 Å². The summed E-state index contributed by atoms with van der Waals surface area (Å²) in [6, 6.07) is 7.20. The summed E-state index contributed by atoms with van der Waals surface area (Å²) in [6.07, 6.45) is 5.33. The molecule has 1 atom stereocenters. The molecule has 1 rings (SSSR count). The van der Waals surface area contributed by atoms with Crippen LogP contribution in [0.25, 0.3) is 0 Å². The predicted octanol–water partition coefficient (Wildman–Crippen LogP) is 2.24. The summed E-state index contributed by atoms with van der Waals surface area (Å²) in [5.41, 5.74) is 1.66. The molecule has 0 bridgehead atoms. The monoisotopic (exact) mass is 244 g/mol. The quantitative estimate of drug-likeness (QED) is 0.780. The van der Waals surface area contributed by atoms with Crippen LogP contribution in [0.5, 0.6) is 0 Å². The van der Waals surface area contributed by atoms with Gasteiger partial charge in [0.1, 0.15) is 6.04 Å². The summed E-state index contributed by atoms with van der Waals surface area (Å²) in [7, 11) is 0. The maximum absolute atomic E-state index is 11.8. The average molecular weight is 244 g/mol. The van der Waals surface area contributed by atoms with E-state index in [2.05, 4.69) is 30.4 Å². The lowest BCUT2D eigenvalue weighted by atomic mass is 10.2. The Morgan fingerprint density at radius 1 is 1.39 bits per heavy atom. The fourth-order valence-corrected chi connectivity index (χ4v) is 1.47. The molecular weight excluding hydrogens is 224 g/mol. The van der Waals surface area contributed by atoms with Gasteiger partial charge in [-0.2, -0.15) is 0 Å². The fraction of sp³-hybridized carbons (Fsp3) is 0.400. The zero-order valence-corrected chi connectivity index (χ0v) is 11.2. The molecule has 0 unspecified atom stereocenters. The molecule has 2 N–H and O–H groups in total. The van der Waals surface area contributed by atoms with Crippen molar-refractivity contribution in [2.45, 2.75) is 26.8 Å². The summed E-state index contributed by atoms with van der Waals surface area (Å²) in [6.45, 7) is 6.65. The van der Waals surface area contributed by atoms with E-state index in [9.17, 15) is 4.79 Å². The molecule has 1 aromatic rings. The standard InChI is InChI=1S/C15H20N2O/c1-5-13-7-6-8-14(9-13)17-12(4)15(18)16-10-11(2)3/h1,6-9,11-12,17H,10H2,2-4H3,(H,16,18)/t12-/m0/s1. The highest BCUT2D eigenvalue weighted by atomic mass is 16.2. The van der Waals surface area contributed by atoms with E-state index in [1.807, 2.05) is 31.2 Å². The Bertz CT molecular complexity index is 446. The maximum atomic E-state index is 11.8. The molecule has 0 aliphatic rings. The largest absolute Gasteiger partial charge is 0.374 e. The average Bonchev–Trinajstić information content (AvgIpc) is 2.36. The van der Waals surface area contributed by atoms with Crippen LogP contribution in [0.1, 0.15) is 26.3 Å². The van der Waals surface area contributed by atoms with Crippen LogP contribution in [0.2, 0.25) is 0 Å². The third kappa shape index (κ3) is 4.50. The Balaban J connectivity index is 2.55. The number of carbonyl (C=O) groups excluding carboxylic acids is 1. The Morgan fingerprint density at radius 2 is 2.11 bits per heavy atom. The van der Waals surface area contributed by atoms with Crippen LogP contribution in [0.15, 0.2) is 24.3 Å². The first-order chi connectivity index (χ1) is 8.52. The number of benzene rings is 1. The third-order valence-electron chi connectivity index (χ3n) is 2.49. The Hall–Kier alpha value is -1.95. The van der Waals surface area contributed by atoms with Gasteiger partial charge in [0.15, 0.2) is 0 Å². The molecule has 0 fully saturated rings. The number of nitrogens with one attached hydrogen (secondary N) is 2. The molecule has 0 aliphatic carbocycles. The SMILES string of the molecule is C#Cc1cccc(N[C@@H](C)C(=O)NCC(C)C)c1. The van der Waals surface area contributed by atoms with Crippen LogP contribution in [0, 0.1) is 18.3 Å². The Morgan fingerprint density at radius 3 is 2.72 bits per heavy atom. The van der Waals surface area contributed by atoms with Gasteiger partial charge in [-0.15, -0.1) is 6.42 Å². The summed E-state index contributed by atoms with van der Waals surface area (Å²) < 4.78 is 0. The first kappa shape index (κ1) is 14.1. The minimum Gasteiger partial charge on any atom is -0.374 e. The van der Waals surface area contributed by atoms with Crippen molar-refractivity contribution in [3.05, 3.63) is 29.8 Å². The lowest BCUT2D eigenvalue weighted by molar-refractivity contribution is -0.121. The normalized spacial score (nSPS) is 11.7.